The molecule has 9 heteroatoms. The van der Waals surface area contributed by atoms with Gasteiger partial charge in [-0.2, -0.15) is 0 Å². The first-order valence-electron chi connectivity index (χ1n) is 8.16. The lowest BCUT2D eigenvalue weighted by atomic mass is 10.2. The Hall–Kier alpha value is -1.99. The molecule has 0 saturated heterocycles. The molecule has 3 aromatic rings. The number of hydrogen-bond acceptors (Lipinski definition) is 4. The summed E-state index contributed by atoms with van der Waals surface area (Å²) >= 11 is 19.6. The molecule has 0 aliphatic carbocycles. The topological polar surface area (TPSA) is 59.8 Å². The number of thioether (sulfide) groups is 1. The van der Waals surface area contributed by atoms with Crippen molar-refractivity contribution in [3.63, 3.8) is 0 Å². The summed E-state index contributed by atoms with van der Waals surface area (Å²) in [6.07, 6.45) is 1.73. The maximum atomic E-state index is 12.3. The molecule has 1 aromatic heterocycles. The molecule has 5 nitrogen and oxygen atoms in total. The molecule has 0 atom stereocenters. The van der Waals surface area contributed by atoms with Crippen LogP contribution in [0.15, 0.2) is 60.3 Å². The van der Waals surface area contributed by atoms with Crippen LogP contribution in [0.1, 0.15) is 0 Å². The van der Waals surface area contributed by atoms with Crippen molar-refractivity contribution in [1.82, 2.24) is 14.8 Å². The zero-order valence-electron chi connectivity index (χ0n) is 14.5. The zero-order valence-corrected chi connectivity index (χ0v) is 17.6. The number of amides is 1. The first-order valence-corrected chi connectivity index (χ1v) is 10.3. The molecule has 0 fully saturated rings. The molecule has 0 aliphatic heterocycles. The third-order valence-corrected chi connectivity index (χ3v) is 5.53. The molecule has 0 aliphatic rings. The third kappa shape index (κ3) is 4.89. The van der Waals surface area contributed by atoms with E-state index in [0.717, 1.165) is 0 Å². The summed E-state index contributed by atoms with van der Waals surface area (Å²) in [5.41, 5.74) is 1.27. The van der Waals surface area contributed by atoms with Gasteiger partial charge in [-0.3, -0.25) is 9.36 Å². The normalized spacial score (nSPS) is 10.7. The number of rotatable bonds is 7. The molecule has 0 spiro atoms. The van der Waals surface area contributed by atoms with Gasteiger partial charge in [0.2, 0.25) is 5.91 Å². The van der Waals surface area contributed by atoms with Crippen molar-refractivity contribution in [2.24, 2.45) is 0 Å². The van der Waals surface area contributed by atoms with Crippen LogP contribution in [0.2, 0.25) is 15.1 Å². The van der Waals surface area contributed by atoms with E-state index >= 15 is 0 Å². The fraction of sp³-hybridized carbons (Fsp3) is 0.105. The molecule has 2 aromatic carbocycles. The Balaban J connectivity index is 1.77. The van der Waals surface area contributed by atoms with E-state index in [1.807, 2.05) is 4.57 Å². The summed E-state index contributed by atoms with van der Waals surface area (Å²) in [5.74, 6) is 0.530. The molecule has 0 saturated carbocycles. The van der Waals surface area contributed by atoms with E-state index in [1.54, 1.807) is 48.5 Å². The second kappa shape index (κ2) is 9.47. The largest absolute Gasteiger partial charge is 0.324 e. The van der Waals surface area contributed by atoms with Gasteiger partial charge < -0.3 is 5.32 Å². The standard InChI is InChI=1S/C19H15Cl3N4OS/c1-2-9-26-18(13-8-7-12(20)10-15(13)22)24-25-19(26)28-11-17(27)23-16-6-4-3-5-14(16)21/h2-8,10H,1,9,11H2,(H,23,27). The predicted octanol–water partition coefficient (Wildman–Crippen LogP) is 5.82. The zero-order chi connectivity index (χ0) is 20.1. The molecule has 3 rings (SSSR count). The van der Waals surface area contributed by atoms with Gasteiger partial charge in [0, 0.05) is 17.1 Å². The van der Waals surface area contributed by atoms with E-state index in [9.17, 15) is 4.79 Å². The number of aromatic nitrogens is 3. The maximum absolute atomic E-state index is 12.3. The van der Waals surface area contributed by atoms with Crippen molar-refractivity contribution in [3.8, 4) is 11.4 Å². The summed E-state index contributed by atoms with van der Waals surface area (Å²) in [7, 11) is 0. The molecular formula is C19H15Cl3N4OS. The fourth-order valence-electron chi connectivity index (χ4n) is 2.44. The Morgan fingerprint density at radius 1 is 1.14 bits per heavy atom. The van der Waals surface area contributed by atoms with Gasteiger partial charge >= 0.3 is 0 Å². The Labute approximate surface area is 181 Å². The summed E-state index contributed by atoms with van der Waals surface area (Å²) in [6.45, 7) is 4.24. The van der Waals surface area contributed by atoms with Gasteiger partial charge in [0.25, 0.3) is 0 Å². The number of nitrogens with zero attached hydrogens (tertiary/aromatic N) is 3. The molecule has 1 amide bonds. The maximum Gasteiger partial charge on any atom is 0.234 e. The van der Waals surface area contributed by atoms with E-state index in [-0.39, 0.29) is 11.7 Å². The average Bonchev–Trinajstić information content (AvgIpc) is 3.05. The quantitative estimate of drug-likeness (QED) is 0.361. The van der Waals surface area contributed by atoms with Crippen LogP contribution in [0.3, 0.4) is 0 Å². The third-order valence-electron chi connectivity index (χ3n) is 3.68. The number of benzene rings is 2. The molecule has 0 bridgehead atoms. The van der Waals surface area contributed by atoms with Crippen LogP contribution in [0, 0.1) is 0 Å². The second-order valence-corrected chi connectivity index (χ2v) is 7.84. The van der Waals surface area contributed by atoms with Crippen molar-refractivity contribution in [3.05, 3.63) is 70.2 Å². The van der Waals surface area contributed by atoms with Crippen LogP contribution in [0.4, 0.5) is 5.69 Å². The highest BCUT2D eigenvalue weighted by Gasteiger charge is 2.17. The van der Waals surface area contributed by atoms with E-state index < -0.39 is 0 Å². The van der Waals surface area contributed by atoms with E-state index in [4.69, 9.17) is 34.8 Å². The van der Waals surface area contributed by atoms with E-state index in [0.29, 0.717) is 43.8 Å². The average molecular weight is 454 g/mol. The Morgan fingerprint density at radius 3 is 2.64 bits per heavy atom. The van der Waals surface area contributed by atoms with Gasteiger partial charge in [0.1, 0.15) is 0 Å². The van der Waals surface area contributed by atoms with Crippen molar-refractivity contribution in [1.29, 1.82) is 0 Å². The van der Waals surface area contributed by atoms with Crippen molar-refractivity contribution >= 4 is 58.2 Å². The molecule has 1 heterocycles. The van der Waals surface area contributed by atoms with Gasteiger partial charge in [0.05, 0.1) is 21.5 Å². The lowest BCUT2D eigenvalue weighted by Crippen LogP contribution is -2.15. The lowest BCUT2D eigenvalue weighted by Gasteiger charge is -2.10. The van der Waals surface area contributed by atoms with E-state index in [2.05, 4.69) is 22.1 Å². The SMILES string of the molecule is C=CCn1c(SCC(=O)Nc2ccccc2Cl)nnc1-c1ccc(Cl)cc1Cl. The van der Waals surface area contributed by atoms with Crippen LogP contribution in [0.5, 0.6) is 0 Å². The first-order chi connectivity index (χ1) is 13.5. The minimum atomic E-state index is -0.197. The predicted molar refractivity (Wildman–Crippen MR) is 116 cm³/mol. The van der Waals surface area contributed by atoms with Gasteiger partial charge in [-0.15, -0.1) is 16.8 Å². The lowest BCUT2D eigenvalue weighted by molar-refractivity contribution is -0.113. The molecule has 0 unspecified atom stereocenters. The fourth-order valence-corrected chi connectivity index (χ4v) is 3.86. The molecule has 1 N–H and O–H groups in total. The number of para-hydroxylation sites is 1. The first kappa shape index (κ1) is 20.7. The molecule has 28 heavy (non-hydrogen) atoms. The van der Waals surface area contributed by atoms with Crippen LogP contribution in [0.25, 0.3) is 11.4 Å². The smallest absolute Gasteiger partial charge is 0.234 e. The monoisotopic (exact) mass is 452 g/mol. The Kier molecular flexibility index (Phi) is 7.02. The minimum Gasteiger partial charge on any atom is -0.324 e. The molecule has 144 valence electrons. The summed E-state index contributed by atoms with van der Waals surface area (Å²) < 4.78 is 1.84. The van der Waals surface area contributed by atoms with Crippen molar-refractivity contribution < 1.29 is 4.79 Å². The number of nitrogens with one attached hydrogen (secondary N) is 1. The summed E-state index contributed by atoms with van der Waals surface area (Å²) in [4.78, 5) is 12.3. The Bertz CT molecular complexity index is 1020. The van der Waals surface area contributed by atoms with Crippen LogP contribution in [-0.2, 0) is 11.3 Å². The second-order valence-electron chi connectivity index (χ2n) is 5.65. The van der Waals surface area contributed by atoms with Gasteiger partial charge in [-0.05, 0) is 30.3 Å². The highest BCUT2D eigenvalue weighted by atomic mass is 35.5. The highest BCUT2D eigenvalue weighted by Crippen LogP contribution is 2.31. The molecular weight excluding hydrogens is 439 g/mol. The van der Waals surface area contributed by atoms with Crippen LogP contribution in [-0.4, -0.2) is 26.4 Å². The number of carbonyl (C=O) groups is 1. The summed E-state index contributed by atoms with van der Waals surface area (Å²) in [6, 6.07) is 12.2. The van der Waals surface area contributed by atoms with Crippen molar-refractivity contribution in [2.75, 3.05) is 11.1 Å². The Morgan fingerprint density at radius 2 is 1.93 bits per heavy atom. The number of anilines is 1. The minimum absolute atomic E-state index is 0.148. The van der Waals surface area contributed by atoms with Gasteiger partial charge in [-0.1, -0.05) is 64.8 Å². The van der Waals surface area contributed by atoms with Crippen LogP contribution >= 0.6 is 46.6 Å². The van der Waals surface area contributed by atoms with Crippen molar-refractivity contribution in [2.45, 2.75) is 11.7 Å². The highest BCUT2D eigenvalue weighted by molar-refractivity contribution is 7.99. The van der Waals surface area contributed by atoms with Gasteiger partial charge in [-0.25, -0.2) is 0 Å². The van der Waals surface area contributed by atoms with Crippen LogP contribution < -0.4 is 5.32 Å². The number of halogens is 3. The number of allylic oxidation sites excluding steroid dienone is 1. The van der Waals surface area contributed by atoms with E-state index in [1.165, 1.54) is 11.8 Å². The van der Waals surface area contributed by atoms with Gasteiger partial charge in [0.15, 0.2) is 11.0 Å². The summed E-state index contributed by atoms with van der Waals surface area (Å²) in [5, 5.41) is 13.3. The number of hydrogen-bond donors (Lipinski definition) is 1. The molecule has 0 radical (unpaired) electrons. The number of carbonyl (C=O) groups excluding carboxylic acids is 1.